The molecule has 0 amide bonds. The van der Waals surface area contributed by atoms with Gasteiger partial charge in [0.25, 0.3) is 0 Å². The van der Waals surface area contributed by atoms with E-state index >= 15 is 0 Å². The SMILES string of the molecule is CCCCCCCCOCC(COC1OC(CO)C(O)C(OS(=O)(=O)O)C1O)OC(=O)CCCCCCCC. The van der Waals surface area contributed by atoms with Crippen molar-refractivity contribution < 1.29 is 56.2 Å². The Morgan fingerprint density at radius 3 is 2.05 bits per heavy atom. The van der Waals surface area contributed by atoms with E-state index in [1.807, 2.05) is 0 Å². The molecule has 4 N–H and O–H groups in total. The molecule has 39 heavy (non-hydrogen) atoms. The molecule has 1 heterocycles. The van der Waals surface area contributed by atoms with Gasteiger partial charge in [-0.2, -0.15) is 8.42 Å². The summed E-state index contributed by atoms with van der Waals surface area (Å²) >= 11 is 0. The molecule has 1 rings (SSSR count). The first-order valence-corrected chi connectivity index (χ1v) is 15.7. The van der Waals surface area contributed by atoms with Gasteiger partial charge in [-0.05, 0) is 12.8 Å². The van der Waals surface area contributed by atoms with Crippen LogP contribution in [-0.2, 0) is 38.3 Å². The van der Waals surface area contributed by atoms with Crippen LogP contribution in [0.4, 0.5) is 0 Å². The van der Waals surface area contributed by atoms with Gasteiger partial charge in [0.15, 0.2) is 6.29 Å². The van der Waals surface area contributed by atoms with Crippen molar-refractivity contribution in [3.05, 3.63) is 0 Å². The predicted molar refractivity (Wildman–Crippen MR) is 142 cm³/mol. The highest BCUT2D eigenvalue weighted by atomic mass is 32.3. The van der Waals surface area contributed by atoms with Crippen LogP contribution in [-0.4, -0.2) is 97.5 Å². The highest BCUT2D eigenvalue weighted by molar-refractivity contribution is 7.80. The van der Waals surface area contributed by atoms with Crippen molar-refractivity contribution in [3.8, 4) is 0 Å². The van der Waals surface area contributed by atoms with Crippen LogP contribution in [0, 0.1) is 0 Å². The minimum absolute atomic E-state index is 0.0387. The van der Waals surface area contributed by atoms with Crippen molar-refractivity contribution in [1.29, 1.82) is 0 Å². The van der Waals surface area contributed by atoms with E-state index in [1.165, 1.54) is 25.7 Å². The van der Waals surface area contributed by atoms with Crippen molar-refractivity contribution in [2.75, 3.05) is 26.4 Å². The Kier molecular flexibility index (Phi) is 19.4. The monoisotopic (exact) mass is 586 g/mol. The average molecular weight is 587 g/mol. The molecule has 0 saturated carbocycles. The molecule has 0 aromatic heterocycles. The van der Waals surface area contributed by atoms with Crippen molar-refractivity contribution in [1.82, 2.24) is 0 Å². The fourth-order valence-electron chi connectivity index (χ4n) is 4.26. The Bertz CT molecular complexity index is 734. The third-order valence-electron chi connectivity index (χ3n) is 6.48. The van der Waals surface area contributed by atoms with Gasteiger partial charge in [-0.1, -0.05) is 78.1 Å². The van der Waals surface area contributed by atoms with E-state index in [-0.39, 0.29) is 19.6 Å². The molecule has 0 spiro atoms. The number of rotatable bonds is 23. The first-order chi connectivity index (χ1) is 18.6. The van der Waals surface area contributed by atoms with Crippen LogP contribution in [0.15, 0.2) is 0 Å². The Morgan fingerprint density at radius 2 is 1.46 bits per heavy atom. The molecule has 12 nitrogen and oxygen atoms in total. The van der Waals surface area contributed by atoms with Gasteiger partial charge >= 0.3 is 16.4 Å². The molecule has 1 aliphatic heterocycles. The fourth-order valence-corrected chi connectivity index (χ4v) is 4.77. The third kappa shape index (κ3) is 16.2. The summed E-state index contributed by atoms with van der Waals surface area (Å²) < 4.78 is 57.9. The molecule has 0 radical (unpaired) electrons. The van der Waals surface area contributed by atoms with Crippen molar-refractivity contribution in [3.63, 3.8) is 0 Å². The summed E-state index contributed by atoms with van der Waals surface area (Å²) in [5.74, 6) is -0.413. The minimum atomic E-state index is -5.04. The zero-order valence-electron chi connectivity index (χ0n) is 23.4. The molecular formula is C26H50O12S. The predicted octanol–water partition coefficient (Wildman–Crippen LogP) is 2.67. The second-order valence-electron chi connectivity index (χ2n) is 10.0. The van der Waals surface area contributed by atoms with E-state index in [2.05, 4.69) is 18.0 Å². The topological polar surface area (TPSA) is 178 Å². The molecule has 0 aromatic carbocycles. The number of carbonyl (C=O) groups excluding carboxylic acids is 1. The maximum Gasteiger partial charge on any atom is 0.397 e. The average Bonchev–Trinajstić information content (AvgIpc) is 2.88. The highest BCUT2D eigenvalue weighted by Gasteiger charge is 2.48. The number of hydrogen-bond acceptors (Lipinski definition) is 11. The second kappa shape index (κ2) is 20.9. The molecule has 1 saturated heterocycles. The van der Waals surface area contributed by atoms with E-state index < -0.39 is 59.8 Å². The van der Waals surface area contributed by atoms with E-state index in [4.69, 9.17) is 23.5 Å². The van der Waals surface area contributed by atoms with E-state index in [0.29, 0.717) is 13.0 Å². The van der Waals surface area contributed by atoms with E-state index in [1.54, 1.807) is 0 Å². The van der Waals surface area contributed by atoms with Crippen LogP contribution >= 0.6 is 0 Å². The highest BCUT2D eigenvalue weighted by Crippen LogP contribution is 2.25. The number of aliphatic hydroxyl groups is 3. The van der Waals surface area contributed by atoms with E-state index in [9.17, 15) is 28.5 Å². The van der Waals surface area contributed by atoms with Gasteiger partial charge in [0.1, 0.15) is 30.5 Å². The largest absolute Gasteiger partial charge is 0.457 e. The van der Waals surface area contributed by atoms with Crippen LogP contribution in [0.5, 0.6) is 0 Å². The summed E-state index contributed by atoms with van der Waals surface area (Å²) in [6, 6.07) is 0. The van der Waals surface area contributed by atoms with Crippen LogP contribution in [0.1, 0.15) is 97.3 Å². The molecule has 0 aromatic rings. The summed E-state index contributed by atoms with van der Waals surface area (Å²) in [7, 11) is -5.04. The molecule has 6 unspecified atom stereocenters. The Labute approximate surface area is 233 Å². The van der Waals surface area contributed by atoms with Crippen LogP contribution in [0.2, 0.25) is 0 Å². The van der Waals surface area contributed by atoms with Crippen molar-refractivity contribution in [2.24, 2.45) is 0 Å². The lowest BCUT2D eigenvalue weighted by Gasteiger charge is -2.41. The number of unbranched alkanes of at least 4 members (excludes halogenated alkanes) is 10. The summed E-state index contributed by atoms with van der Waals surface area (Å²) in [6.45, 7) is 3.80. The van der Waals surface area contributed by atoms with Gasteiger partial charge in [-0.3, -0.25) is 9.35 Å². The number of esters is 1. The second-order valence-corrected chi connectivity index (χ2v) is 11.0. The Hall–Kier alpha value is -0.900. The molecule has 1 aliphatic rings. The lowest BCUT2D eigenvalue weighted by atomic mass is 9.99. The maximum atomic E-state index is 12.4. The van der Waals surface area contributed by atoms with Crippen LogP contribution in [0.25, 0.3) is 0 Å². The molecule has 6 atom stereocenters. The minimum Gasteiger partial charge on any atom is -0.457 e. The summed E-state index contributed by atoms with van der Waals surface area (Å²) in [4.78, 5) is 12.4. The first-order valence-electron chi connectivity index (χ1n) is 14.3. The molecule has 13 heteroatoms. The quantitative estimate of drug-likeness (QED) is 0.0783. The van der Waals surface area contributed by atoms with Gasteiger partial charge < -0.3 is 34.3 Å². The lowest BCUT2D eigenvalue weighted by molar-refractivity contribution is -0.301. The van der Waals surface area contributed by atoms with Crippen molar-refractivity contribution in [2.45, 2.75) is 134 Å². The van der Waals surface area contributed by atoms with Gasteiger partial charge in [0.2, 0.25) is 0 Å². The Balaban J connectivity index is 2.67. The normalized spacial score (nSPS) is 24.5. The Morgan fingerprint density at radius 1 is 0.872 bits per heavy atom. The van der Waals surface area contributed by atoms with Gasteiger partial charge in [0, 0.05) is 13.0 Å². The van der Waals surface area contributed by atoms with Gasteiger partial charge in [0.05, 0.1) is 19.8 Å². The standard InChI is InChI=1S/C26H50O12S/c1-3-5-7-9-11-13-15-22(28)36-20(18-34-16-14-12-10-8-6-4-2)19-35-26-24(30)25(38-39(31,32)33)23(29)21(17-27)37-26/h20-21,23-27,29-30H,3-19H2,1-2H3,(H,31,32,33). The smallest absolute Gasteiger partial charge is 0.397 e. The fraction of sp³-hybridized carbons (Fsp3) is 0.962. The lowest BCUT2D eigenvalue weighted by Crippen LogP contribution is -2.60. The number of aliphatic hydroxyl groups excluding tert-OH is 3. The molecule has 0 bridgehead atoms. The van der Waals surface area contributed by atoms with Gasteiger partial charge in [-0.25, -0.2) is 4.18 Å². The molecule has 0 aliphatic carbocycles. The zero-order valence-corrected chi connectivity index (χ0v) is 24.3. The summed E-state index contributed by atoms with van der Waals surface area (Å²) in [5.41, 5.74) is 0. The molecule has 232 valence electrons. The van der Waals surface area contributed by atoms with Gasteiger partial charge in [-0.15, -0.1) is 0 Å². The van der Waals surface area contributed by atoms with Crippen LogP contribution in [0.3, 0.4) is 0 Å². The first kappa shape index (κ1) is 36.1. The summed E-state index contributed by atoms with van der Waals surface area (Å²) in [5, 5.41) is 30.1. The van der Waals surface area contributed by atoms with Crippen molar-refractivity contribution >= 4 is 16.4 Å². The number of hydrogen-bond donors (Lipinski definition) is 4. The van der Waals surface area contributed by atoms with Crippen LogP contribution < -0.4 is 0 Å². The number of carbonyl (C=O) groups is 1. The third-order valence-corrected chi connectivity index (χ3v) is 6.94. The van der Waals surface area contributed by atoms with E-state index in [0.717, 1.165) is 44.9 Å². The molecule has 1 fully saturated rings. The summed E-state index contributed by atoms with van der Waals surface area (Å²) in [6.07, 6.45) is 3.71. The number of ether oxygens (including phenoxy) is 4. The zero-order chi connectivity index (χ0) is 29.1. The maximum absolute atomic E-state index is 12.4. The molecular weight excluding hydrogens is 536 g/mol.